The fourth-order valence-electron chi connectivity index (χ4n) is 3.11. The van der Waals surface area contributed by atoms with E-state index in [-0.39, 0.29) is 11.8 Å². The first-order valence-electron chi connectivity index (χ1n) is 7.65. The maximum Gasteiger partial charge on any atom is 0.419 e. The quantitative estimate of drug-likeness (QED) is 0.919. The zero-order valence-electron chi connectivity index (χ0n) is 12.6. The number of nitrogens with zero attached hydrogens (tertiary/aromatic N) is 1. The van der Waals surface area contributed by atoms with Crippen LogP contribution in [0.1, 0.15) is 37.8 Å². The second kappa shape index (κ2) is 6.03. The van der Waals surface area contributed by atoms with Gasteiger partial charge in [-0.1, -0.05) is 6.07 Å². The fraction of sp³-hybridized carbons (Fsp3) is 0.562. The molecule has 1 saturated heterocycles. The van der Waals surface area contributed by atoms with Crippen LogP contribution in [-0.4, -0.2) is 24.3 Å². The van der Waals surface area contributed by atoms with Crippen LogP contribution in [0.5, 0.6) is 0 Å². The zero-order valence-corrected chi connectivity index (χ0v) is 12.6. The molecule has 3 rings (SSSR count). The van der Waals surface area contributed by atoms with Crippen molar-refractivity contribution in [1.29, 1.82) is 0 Å². The van der Waals surface area contributed by atoms with Gasteiger partial charge < -0.3 is 14.5 Å². The molecule has 0 aliphatic carbocycles. The summed E-state index contributed by atoms with van der Waals surface area (Å²) in [6, 6.07) is 6.23. The molecule has 2 aromatic rings. The van der Waals surface area contributed by atoms with Crippen molar-refractivity contribution in [2.75, 3.05) is 13.7 Å². The van der Waals surface area contributed by atoms with Crippen LogP contribution in [0.25, 0.3) is 11.1 Å². The third-order valence-electron chi connectivity index (χ3n) is 4.28. The van der Waals surface area contributed by atoms with Crippen LogP contribution < -0.4 is 11.1 Å². The van der Waals surface area contributed by atoms with Crippen molar-refractivity contribution >= 4 is 11.1 Å². The Morgan fingerprint density at radius 2 is 2.33 bits per heavy atom. The molecule has 0 saturated carbocycles. The molecule has 21 heavy (non-hydrogen) atoms. The summed E-state index contributed by atoms with van der Waals surface area (Å²) in [6.07, 6.45) is 3.54. The summed E-state index contributed by atoms with van der Waals surface area (Å²) in [5.74, 6) is -0.287. The monoisotopic (exact) mass is 290 g/mol. The van der Waals surface area contributed by atoms with Gasteiger partial charge in [-0.3, -0.25) is 4.57 Å². The second-order valence-corrected chi connectivity index (χ2v) is 5.55. The zero-order chi connectivity index (χ0) is 14.8. The van der Waals surface area contributed by atoms with Gasteiger partial charge in [-0.25, -0.2) is 4.79 Å². The summed E-state index contributed by atoms with van der Waals surface area (Å²) < 4.78 is 12.7. The predicted octanol–water partition coefficient (Wildman–Crippen LogP) is 2.44. The largest absolute Gasteiger partial charge is 0.419 e. The molecule has 2 atom stereocenters. The number of aromatic nitrogens is 1. The number of benzene rings is 1. The number of nitrogens with one attached hydrogen (secondary N) is 1. The summed E-state index contributed by atoms with van der Waals surface area (Å²) in [7, 11) is 1.96. The Kier molecular flexibility index (Phi) is 4.12. The normalized spacial score (nSPS) is 20.2. The Bertz CT molecular complexity index is 668. The lowest BCUT2D eigenvalue weighted by atomic mass is 9.99. The molecule has 5 heteroatoms. The van der Waals surface area contributed by atoms with Crippen LogP contribution in [0.2, 0.25) is 0 Å². The van der Waals surface area contributed by atoms with E-state index in [1.54, 1.807) is 4.57 Å². The Balaban J connectivity index is 1.89. The minimum atomic E-state index is -0.287. The van der Waals surface area contributed by atoms with E-state index in [0.717, 1.165) is 36.9 Å². The third-order valence-corrected chi connectivity index (χ3v) is 4.28. The lowest BCUT2D eigenvalue weighted by molar-refractivity contribution is 0.0954. The van der Waals surface area contributed by atoms with Crippen LogP contribution in [0.15, 0.2) is 27.4 Å². The highest BCUT2D eigenvalue weighted by atomic mass is 16.5. The predicted molar refractivity (Wildman–Crippen MR) is 81.5 cm³/mol. The number of hydrogen-bond donors (Lipinski definition) is 1. The lowest BCUT2D eigenvalue weighted by Crippen LogP contribution is -2.22. The van der Waals surface area contributed by atoms with Crippen molar-refractivity contribution in [2.45, 2.75) is 44.9 Å². The molecule has 0 amide bonds. The van der Waals surface area contributed by atoms with Gasteiger partial charge in [-0.2, -0.15) is 0 Å². The molecular weight excluding hydrogens is 268 g/mol. The average molecular weight is 290 g/mol. The van der Waals surface area contributed by atoms with E-state index < -0.39 is 0 Å². The Morgan fingerprint density at radius 1 is 1.48 bits per heavy atom. The fourth-order valence-corrected chi connectivity index (χ4v) is 3.11. The van der Waals surface area contributed by atoms with Crippen molar-refractivity contribution < 1.29 is 9.15 Å². The summed E-state index contributed by atoms with van der Waals surface area (Å²) in [5, 5.41) is 3.34. The van der Waals surface area contributed by atoms with Gasteiger partial charge in [-0.05, 0) is 50.9 Å². The highest BCUT2D eigenvalue weighted by molar-refractivity contribution is 5.73. The SMILES string of the molecule is CCn1c(=O)oc2cc(C(CC3CCCO3)NC)ccc21. The highest BCUT2D eigenvalue weighted by Crippen LogP contribution is 2.27. The van der Waals surface area contributed by atoms with Gasteiger partial charge >= 0.3 is 5.76 Å². The number of hydrogen-bond acceptors (Lipinski definition) is 4. The van der Waals surface area contributed by atoms with E-state index in [2.05, 4.69) is 11.4 Å². The molecule has 0 spiro atoms. The maximum absolute atomic E-state index is 11.8. The molecule has 1 aliphatic heterocycles. The molecule has 1 N–H and O–H groups in total. The van der Waals surface area contributed by atoms with Gasteiger partial charge in [0.15, 0.2) is 5.58 Å². The van der Waals surface area contributed by atoms with Crippen LogP contribution in [0.3, 0.4) is 0 Å². The molecule has 5 nitrogen and oxygen atoms in total. The number of ether oxygens (including phenoxy) is 1. The van der Waals surface area contributed by atoms with Crippen molar-refractivity contribution in [2.24, 2.45) is 0 Å². The number of aryl methyl sites for hydroxylation is 1. The highest BCUT2D eigenvalue weighted by Gasteiger charge is 2.21. The van der Waals surface area contributed by atoms with Crippen molar-refractivity contribution in [1.82, 2.24) is 9.88 Å². The lowest BCUT2D eigenvalue weighted by Gasteiger charge is -2.20. The molecule has 2 unspecified atom stereocenters. The summed E-state index contributed by atoms with van der Waals surface area (Å²) >= 11 is 0. The van der Waals surface area contributed by atoms with Crippen molar-refractivity contribution in [3.63, 3.8) is 0 Å². The van der Waals surface area contributed by atoms with Gasteiger partial charge in [0, 0.05) is 19.2 Å². The van der Waals surface area contributed by atoms with Crippen LogP contribution in [0.4, 0.5) is 0 Å². The standard InChI is InChI=1S/C16H22N2O3/c1-3-18-14-7-6-11(9-15(14)21-16(18)19)13(17-2)10-12-5-4-8-20-12/h6-7,9,12-13,17H,3-5,8,10H2,1-2H3. The summed E-state index contributed by atoms with van der Waals surface area (Å²) in [4.78, 5) is 11.8. The van der Waals surface area contributed by atoms with Crippen LogP contribution in [0, 0.1) is 0 Å². The van der Waals surface area contributed by atoms with E-state index in [9.17, 15) is 4.79 Å². The molecule has 1 aromatic heterocycles. The van der Waals surface area contributed by atoms with Gasteiger partial charge in [0.2, 0.25) is 0 Å². The molecule has 1 fully saturated rings. The smallest absolute Gasteiger partial charge is 0.408 e. The molecule has 0 bridgehead atoms. The Labute approximate surface area is 123 Å². The van der Waals surface area contributed by atoms with Crippen LogP contribution in [-0.2, 0) is 11.3 Å². The summed E-state index contributed by atoms with van der Waals surface area (Å²) in [6.45, 7) is 3.43. The number of fused-ring (bicyclic) bond motifs is 1. The first-order chi connectivity index (χ1) is 10.2. The first-order valence-corrected chi connectivity index (χ1v) is 7.65. The van der Waals surface area contributed by atoms with Gasteiger partial charge in [-0.15, -0.1) is 0 Å². The topological polar surface area (TPSA) is 56.4 Å². The van der Waals surface area contributed by atoms with E-state index in [1.807, 2.05) is 26.1 Å². The van der Waals surface area contributed by atoms with E-state index in [1.165, 1.54) is 0 Å². The average Bonchev–Trinajstić information content (AvgIpc) is 3.10. The van der Waals surface area contributed by atoms with E-state index in [0.29, 0.717) is 18.2 Å². The van der Waals surface area contributed by atoms with Gasteiger partial charge in [0.05, 0.1) is 11.6 Å². The van der Waals surface area contributed by atoms with Gasteiger partial charge in [0.1, 0.15) is 0 Å². The molecule has 114 valence electrons. The Morgan fingerprint density at radius 3 is 3.00 bits per heavy atom. The number of oxazole rings is 1. The third kappa shape index (κ3) is 2.76. The molecular formula is C16H22N2O3. The second-order valence-electron chi connectivity index (χ2n) is 5.55. The van der Waals surface area contributed by atoms with E-state index >= 15 is 0 Å². The van der Waals surface area contributed by atoms with Crippen molar-refractivity contribution in [3.05, 3.63) is 34.3 Å². The van der Waals surface area contributed by atoms with Crippen molar-refractivity contribution in [3.8, 4) is 0 Å². The molecule has 2 heterocycles. The first kappa shape index (κ1) is 14.4. The van der Waals surface area contributed by atoms with Crippen LogP contribution >= 0.6 is 0 Å². The molecule has 1 aromatic carbocycles. The Hall–Kier alpha value is -1.59. The minimum absolute atomic E-state index is 0.216. The minimum Gasteiger partial charge on any atom is -0.408 e. The molecule has 1 aliphatic rings. The maximum atomic E-state index is 11.8. The van der Waals surface area contributed by atoms with E-state index in [4.69, 9.17) is 9.15 Å². The number of rotatable bonds is 5. The summed E-state index contributed by atoms with van der Waals surface area (Å²) in [5.41, 5.74) is 2.66. The molecule has 0 radical (unpaired) electrons. The van der Waals surface area contributed by atoms with Gasteiger partial charge in [0.25, 0.3) is 0 Å².